The summed E-state index contributed by atoms with van der Waals surface area (Å²) in [4.78, 5) is 0. The van der Waals surface area contributed by atoms with Crippen molar-refractivity contribution >= 4 is 17.5 Å². The summed E-state index contributed by atoms with van der Waals surface area (Å²) >= 11 is 1.82. The van der Waals surface area contributed by atoms with E-state index in [1.165, 1.54) is 5.56 Å². The number of thioether (sulfide) groups is 1. The Kier molecular flexibility index (Phi) is 4.10. The third kappa shape index (κ3) is 2.63. The Hall–Kier alpha value is -2.14. The SMILES string of the molecule is CSCC[C@@H]1Oc2ccccc2[C@H]2CC(c3ccccc3O)=NN12. The van der Waals surface area contributed by atoms with Gasteiger partial charge in [0, 0.05) is 24.0 Å². The van der Waals surface area contributed by atoms with Gasteiger partial charge in [-0.25, -0.2) is 0 Å². The number of hydrogen-bond donors (Lipinski definition) is 1. The number of ether oxygens (including phenoxy) is 1. The lowest BCUT2D eigenvalue weighted by molar-refractivity contribution is -0.0180. The summed E-state index contributed by atoms with van der Waals surface area (Å²) in [7, 11) is 0. The van der Waals surface area contributed by atoms with Gasteiger partial charge in [-0.2, -0.15) is 16.9 Å². The fraction of sp³-hybridized carbons (Fsp3) is 0.316. The fourth-order valence-corrected chi connectivity index (χ4v) is 3.84. The van der Waals surface area contributed by atoms with Gasteiger partial charge in [-0.05, 0) is 30.2 Å². The molecule has 4 rings (SSSR count). The van der Waals surface area contributed by atoms with Crippen molar-refractivity contribution in [3.63, 3.8) is 0 Å². The lowest BCUT2D eigenvalue weighted by Gasteiger charge is -2.38. The van der Waals surface area contributed by atoms with Gasteiger partial charge < -0.3 is 9.84 Å². The third-order valence-electron chi connectivity index (χ3n) is 4.56. The minimum atomic E-state index is -0.0549. The number of benzene rings is 2. The second-order valence-corrected chi connectivity index (χ2v) is 7.04. The summed E-state index contributed by atoms with van der Waals surface area (Å²) in [5.41, 5.74) is 2.91. The van der Waals surface area contributed by atoms with Crippen LogP contribution in [0.1, 0.15) is 30.0 Å². The lowest BCUT2D eigenvalue weighted by Crippen LogP contribution is -2.40. The van der Waals surface area contributed by atoms with E-state index < -0.39 is 0 Å². The Balaban J connectivity index is 1.71. The van der Waals surface area contributed by atoms with E-state index >= 15 is 0 Å². The zero-order valence-electron chi connectivity index (χ0n) is 13.6. The molecule has 0 spiro atoms. The fourth-order valence-electron chi connectivity index (χ4n) is 3.40. The largest absolute Gasteiger partial charge is 0.507 e. The molecule has 124 valence electrons. The number of phenolic OH excluding ortho intramolecular Hbond substituents is 1. The molecule has 2 aromatic rings. The zero-order chi connectivity index (χ0) is 16.5. The van der Waals surface area contributed by atoms with Crippen molar-refractivity contribution in [3.05, 3.63) is 59.7 Å². The molecular formula is C19H20N2O2S. The maximum atomic E-state index is 10.2. The highest BCUT2D eigenvalue weighted by molar-refractivity contribution is 7.98. The molecule has 0 aliphatic carbocycles. The number of phenols is 1. The molecule has 2 aromatic carbocycles. The number of rotatable bonds is 4. The van der Waals surface area contributed by atoms with Crippen LogP contribution in [-0.4, -0.2) is 34.1 Å². The van der Waals surface area contributed by atoms with E-state index in [1.807, 2.05) is 48.2 Å². The van der Waals surface area contributed by atoms with Crippen LogP contribution < -0.4 is 4.74 Å². The predicted molar refractivity (Wildman–Crippen MR) is 97.7 cm³/mol. The van der Waals surface area contributed by atoms with Crippen molar-refractivity contribution in [3.8, 4) is 11.5 Å². The van der Waals surface area contributed by atoms with Crippen LogP contribution >= 0.6 is 11.8 Å². The Bertz CT molecular complexity index is 777. The monoisotopic (exact) mass is 340 g/mol. The smallest absolute Gasteiger partial charge is 0.188 e. The summed E-state index contributed by atoms with van der Waals surface area (Å²) < 4.78 is 6.21. The summed E-state index contributed by atoms with van der Waals surface area (Å²) in [5.74, 6) is 2.27. The molecule has 0 bridgehead atoms. The second kappa shape index (κ2) is 6.40. The molecule has 5 heteroatoms. The van der Waals surface area contributed by atoms with Gasteiger partial charge >= 0.3 is 0 Å². The summed E-state index contributed by atoms with van der Waals surface area (Å²) in [6.07, 6.45) is 3.76. The van der Waals surface area contributed by atoms with E-state index in [4.69, 9.17) is 9.84 Å². The molecule has 4 nitrogen and oxygen atoms in total. The lowest BCUT2D eigenvalue weighted by atomic mass is 9.96. The molecule has 0 radical (unpaired) electrons. The minimum absolute atomic E-state index is 0.0549. The van der Waals surface area contributed by atoms with E-state index in [1.54, 1.807) is 6.07 Å². The molecule has 2 aliphatic heterocycles. The molecule has 24 heavy (non-hydrogen) atoms. The van der Waals surface area contributed by atoms with Gasteiger partial charge in [-0.1, -0.05) is 30.3 Å². The van der Waals surface area contributed by atoms with Gasteiger partial charge in [0.25, 0.3) is 0 Å². The molecule has 0 saturated heterocycles. The molecule has 0 amide bonds. The number of para-hydroxylation sites is 2. The van der Waals surface area contributed by atoms with Gasteiger partial charge in [0.2, 0.25) is 0 Å². The first-order valence-electron chi connectivity index (χ1n) is 8.16. The van der Waals surface area contributed by atoms with Crippen LogP contribution in [0.2, 0.25) is 0 Å². The molecule has 2 aliphatic rings. The van der Waals surface area contributed by atoms with Gasteiger partial charge in [0.05, 0.1) is 11.8 Å². The first-order chi connectivity index (χ1) is 11.8. The van der Waals surface area contributed by atoms with E-state index in [9.17, 15) is 5.11 Å². The maximum absolute atomic E-state index is 10.2. The van der Waals surface area contributed by atoms with Gasteiger partial charge in [-0.15, -0.1) is 0 Å². The molecule has 0 fully saturated rings. The standard InChI is InChI=1S/C19H20N2O2S/c1-24-11-10-19-21-16(14-7-3-5-9-18(14)23-19)12-15(20-21)13-6-2-4-8-17(13)22/h2-9,16,19,22H,10-12H2,1H3/t16-,19+/m1/s1. The topological polar surface area (TPSA) is 45.1 Å². The van der Waals surface area contributed by atoms with Gasteiger partial charge in [-0.3, -0.25) is 5.01 Å². The maximum Gasteiger partial charge on any atom is 0.188 e. The van der Waals surface area contributed by atoms with Crippen LogP contribution in [0.25, 0.3) is 0 Å². The number of aromatic hydroxyl groups is 1. The number of fused-ring (bicyclic) bond motifs is 3. The van der Waals surface area contributed by atoms with E-state index in [-0.39, 0.29) is 18.0 Å². The van der Waals surface area contributed by atoms with E-state index in [0.29, 0.717) is 0 Å². The molecule has 0 saturated carbocycles. The number of hydrazone groups is 1. The first-order valence-corrected chi connectivity index (χ1v) is 9.56. The second-order valence-electron chi connectivity index (χ2n) is 6.06. The Morgan fingerprint density at radius 3 is 2.83 bits per heavy atom. The van der Waals surface area contributed by atoms with Crippen molar-refractivity contribution in [2.45, 2.75) is 25.1 Å². The molecule has 0 aromatic heterocycles. The molecular weight excluding hydrogens is 320 g/mol. The molecule has 1 N–H and O–H groups in total. The molecule has 2 heterocycles. The van der Waals surface area contributed by atoms with Gasteiger partial charge in [0.15, 0.2) is 6.23 Å². The summed E-state index contributed by atoms with van der Waals surface area (Å²) in [6, 6.07) is 15.8. The highest BCUT2D eigenvalue weighted by Gasteiger charge is 2.40. The van der Waals surface area contributed by atoms with Crippen molar-refractivity contribution in [2.24, 2.45) is 5.10 Å². The van der Waals surface area contributed by atoms with E-state index in [0.717, 1.165) is 35.6 Å². The van der Waals surface area contributed by atoms with Gasteiger partial charge in [0.1, 0.15) is 11.5 Å². The summed E-state index contributed by atoms with van der Waals surface area (Å²) in [6.45, 7) is 0. The normalized spacial score (nSPS) is 21.7. The van der Waals surface area contributed by atoms with Crippen LogP contribution in [0.15, 0.2) is 53.6 Å². The van der Waals surface area contributed by atoms with Crippen LogP contribution in [0, 0.1) is 0 Å². The Morgan fingerprint density at radius 2 is 2.00 bits per heavy atom. The van der Waals surface area contributed by atoms with Crippen LogP contribution in [0.5, 0.6) is 11.5 Å². The first kappa shape index (κ1) is 15.4. The highest BCUT2D eigenvalue weighted by Crippen LogP contribution is 2.44. The number of nitrogens with zero attached hydrogens (tertiary/aromatic N) is 2. The molecule has 0 unspecified atom stereocenters. The third-order valence-corrected chi connectivity index (χ3v) is 5.21. The average molecular weight is 340 g/mol. The Morgan fingerprint density at radius 1 is 1.21 bits per heavy atom. The van der Waals surface area contributed by atoms with Crippen molar-refractivity contribution in [1.82, 2.24) is 5.01 Å². The zero-order valence-corrected chi connectivity index (χ0v) is 14.4. The van der Waals surface area contributed by atoms with Crippen LogP contribution in [0.4, 0.5) is 0 Å². The van der Waals surface area contributed by atoms with Crippen molar-refractivity contribution in [2.75, 3.05) is 12.0 Å². The quantitative estimate of drug-likeness (QED) is 0.913. The number of hydrogen-bond acceptors (Lipinski definition) is 5. The molecule has 2 atom stereocenters. The van der Waals surface area contributed by atoms with Crippen LogP contribution in [0.3, 0.4) is 0 Å². The van der Waals surface area contributed by atoms with Crippen molar-refractivity contribution in [1.29, 1.82) is 0 Å². The Labute approximate surface area is 146 Å². The summed E-state index contributed by atoms with van der Waals surface area (Å²) in [5, 5.41) is 17.1. The highest BCUT2D eigenvalue weighted by atomic mass is 32.2. The minimum Gasteiger partial charge on any atom is -0.507 e. The van der Waals surface area contributed by atoms with Crippen molar-refractivity contribution < 1.29 is 9.84 Å². The van der Waals surface area contributed by atoms with E-state index in [2.05, 4.69) is 17.3 Å². The predicted octanol–water partition coefficient (Wildman–Crippen LogP) is 4.01. The average Bonchev–Trinajstić information content (AvgIpc) is 3.05. The van der Waals surface area contributed by atoms with Crippen LogP contribution in [-0.2, 0) is 0 Å².